The number of aromatic nitrogens is 3. The fraction of sp³-hybridized carbons (Fsp3) is 0.346. The molecule has 1 aliphatic rings. The molecule has 3 aromatic rings. The van der Waals surface area contributed by atoms with Gasteiger partial charge in [-0.1, -0.05) is 29.8 Å². The van der Waals surface area contributed by atoms with E-state index < -0.39 is 40.6 Å². The van der Waals surface area contributed by atoms with Crippen molar-refractivity contribution in [2.24, 2.45) is 5.92 Å². The molecule has 10 heteroatoms. The van der Waals surface area contributed by atoms with Gasteiger partial charge in [0.1, 0.15) is 5.82 Å². The van der Waals surface area contributed by atoms with E-state index in [-0.39, 0.29) is 19.7 Å². The summed E-state index contributed by atoms with van der Waals surface area (Å²) in [4.78, 5) is 53.8. The van der Waals surface area contributed by atoms with Crippen molar-refractivity contribution in [1.82, 2.24) is 19.2 Å². The van der Waals surface area contributed by atoms with Gasteiger partial charge in [-0.3, -0.25) is 19.0 Å². The molecule has 36 heavy (non-hydrogen) atoms. The van der Waals surface area contributed by atoms with E-state index in [0.29, 0.717) is 30.6 Å². The van der Waals surface area contributed by atoms with Crippen molar-refractivity contribution in [3.8, 4) is 5.69 Å². The topological polar surface area (TPSA) is 104 Å². The summed E-state index contributed by atoms with van der Waals surface area (Å²) in [6.45, 7) is 4.02. The summed E-state index contributed by atoms with van der Waals surface area (Å²) in [6, 6.07) is 12.4. The molecule has 0 N–H and O–H groups in total. The maximum Gasteiger partial charge on any atom is 0.352 e. The summed E-state index contributed by atoms with van der Waals surface area (Å²) in [6.07, 6.45) is 1.13. The summed E-state index contributed by atoms with van der Waals surface area (Å²) in [5.74, 6) is -2.08. The number of piperidine rings is 1. The molecule has 2 heterocycles. The fourth-order valence-corrected chi connectivity index (χ4v) is 4.22. The molecular weight excluding hydrogens is 467 g/mol. The van der Waals surface area contributed by atoms with E-state index in [4.69, 9.17) is 4.74 Å². The average molecular weight is 495 g/mol. The van der Waals surface area contributed by atoms with Gasteiger partial charge in [-0.2, -0.15) is 9.78 Å². The van der Waals surface area contributed by atoms with E-state index in [2.05, 4.69) is 5.10 Å². The van der Waals surface area contributed by atoms with Gasteiger partial charge in [0.05, 0.1) is 24.8 Å². The first-order valence-electron chi connectivity index (χ1n) is 11.8. The third kappa shape index (κ3) is 5.27. The number of amides is 1. The number of halogens is 1. The Balaban J connectivity index is 1.78. The molecule has 0 bridgehead atoms. The summed E-state index contributed by atoms with van der Waals surface area (Å²) in [5.41, 5.74) is -0.375. The smallest absolute Gasteiger partial charge is 0.352 e. The molecule has 188 valence electrons. The van der Waals surface area contributed by atoms with Crippen molar-refractivity contribution in [2.75, 3.05) is 19.7 Å². The highest BCUT2D eigenvalue weighted by atomic mass is 19.1. The van der Waals surface area contributed by atoms with Crippen molar-refractivity contribution in [1.29, 1.82) is 0 Å². The molecule has 0 radical (unpaired) electrons. The van der Waals surface area contributed by atoms with Gasteiger partial charge in [-0.05, 0) is 56.5 Å². The fourth-order valence-electron chi connectivity index (χ4n) is 4.22. The average Bonchev–Trinajstić information content (AvgIpc) is 2.87. The summed E-state index contributed by atoms with van der Waals surface area (Å²) in [7, 11) is 0. The van der Waals surface area contributed by atoms with Crippen LogP contribution in [0.25, 0.3) is 5.69 Å². The van der Waals surface area contributed by atoms with Gasteiger partial charge in [0.2, 0.25) is 5.69 Å². The van der Waals surface area contributed by atoms with Gasteiger partial charge in [-0.15, -0.1) is 0 Å². The van der Waals surface area contributed by atoms with Gasteiger partial charge in [0.25, 0.3) is 11.5 Å². The van der Waals surface area contributed by atoms with Crippen LogP contribution in [-0.2, 0) is 16.1 Å². The maximum absolute atomic E-state index is 13.8. The first-order valence-corrected chi connectivity index (χ1v) is 11.8. The molecule has 1 fully saturated rings. The monoisotopic (exact) mass is 494 g/mol. The van der Waals surface area contributed by atoms with Crippen molar-refractivity contribution >= 4 is 11.9 Å². The number of aryl methyl sites for hydroxylation is 1. The minimum Gasteiger partial charge on any atom is -0.466 e. The van der Waals surface area contributed by atoms with Crippen molar-refractivity contribution in [3.05, 3.63) is 92.0 Å². The van der Waals surface area contributed by atoms with Crippen LogP contribution in [0.2, 0.25) is 0 Å². The third-order valence-corrected chi connectivity index (χ3v) is 6.10. The van der Waals surface area contributed by atoms with Gasteiger partial charge < -0.3 is 9.64 Å². The Morgan fingerprint density at radius 2 is 1.89 bits per heavy atom. The van der Waals surface area contributed by atoms with Gasteiger partial charge in [0.15, 0.2) is 0 Å². The lowest BCUT2D eigenvalue weighted by atomic mass is 9.98. The number of ether oxygens (including phenoxy) is 1. The molecule has 0 spiro atoms. The van der Waals surface area contributed by atoms with Crippen LogP contribution in [0.3, 0.4) is 0 Å². The van der Waals surface area contributed by atoms with Crippen LogP contribution in [-0.4, -0.2) is 50.8 Å². The molecular formula is C26H27FN4O5. The van der Waals surface area contributed by atoms with Crippen molar-refractivity contribution in [3.63, 3.8) is 0 Å². The highest BCUT2D eigenvalue weighted by Gasteiger charge is 2.32. The van der Waals surface area contributed by atoms with Crippen LogP contribution in [0.1, 0.15) is 41.4 Å². The number of rotatable bonds is 6. The molecule has 9 nitrogen and oxygen atoms in total. The first kappa shape index (κ1) is 25.0. The second kappa shape index (κ2) is 10.7. The van der Waals surface area contributed by atoms with Crippen LogP contribution in [0.15, 0.2) is 58.1 Å². The largest absolute Gasteiger partial charge is 0.466 e. The standard InChI is InChI=1S/C26H27FN4O5/c1-3-36-25(34)19-7-5-13-29(16-19)23(32)22-24(33)30(15-18-6-4-8-20(27)14-18)26(35)31(28-22)21-11-9-17(2)10-12-21/h4,6,8-12,14,19H,3,5,7,13,15-16H2,1-2H3. The summed E-state index contributed by atoms with van der Waals surface area (Å²) in [5, 5.41) is 4.16. The number of nitrogens with zero attached hydrogens (tertiary/aromatic N) is 4. The first-order chi connectivity index (χ1) is 17.3. The summed E-state index contributed by atoms with van der Waals surface area (Å²) < 4.78 is 20.8. The van der Waals surface area contributed by atoms with Crippen LogP contribution in [0.4, 0.5) is 4.39 Å². The molecule has 1 aromatic heterocycles. The number of hydrogen-bond acceptors (Lipinski definition) is 6. The lowest BCUT2D eigenvalue weighted by Gasteiger charge is -2.31. The zero-order chi connectivity index (χ0) is 25.8. The summed E-state index contributed by atoms with van der Waals surface area (Å²) >= 11 is 0. The van der Waals surface area contributed by atoms with Gasteiger partial charge >= 0.3 is 11.7 Å². The second-order valence-corrected chi connectivity index (χ2v) is 8.74. The SMILES string of the molecule is CCOC(=O)C1CCCN(C(=O)c2nn(-c3ccc(C)cc3)c(=O)n(Cc3cccc(F)c3)c2=O)C1. The molecule has 1 unspecified atom stereocenters. The zero-order valence-electron chi connectivity index (χ0n) is 20.1. The molecule has 4 rings (SSSR count). The molecule has 1 amide bonds. The van der Waals surface area contributed by atoms with Crippen LogP contribution in [0, 0.1) is 18.7 Å². The van der Waals surface area contributed by atoms with Crippen LogP contribution < -0.4 is 11.2 Å². The quantitative estimate of drug-likeness (QED) is 0.487. The highest BCUT2D eigenvalue weighted by Crippen LogP contribution is 2.19. The Morgan fingerprint density at radius 3 is 2.58 bits per heavy atom. The predicted molar refractivity (Wildman–Crippen MR) is 130 cm³/mol. The third-order valence-electron chi connectivity index (χ3n) is 6.10. The van der Waals surface area contributed by atoms with Crippen molar-refractivity contribution in [2.45, 2.75) is 33.2 Å². The second-order valence-electron chi connectivity index (χ2n) is 8.74. The van der Waals surface area contributed by atoms with E-state index in [1.165, 1.54) is 23.1 Å². The zero-order valence-corrected chi connectivity index (χ0v) is 20.1. The Morgan fingerprint density at radius 1 is 1.14 bits per heavy atom. The molecule has 1 atom stereocenters. The Kier molecular flexibility index (Phi) is 7.42. The molecule has 2 aromatic carbocycles. The van der Waals surface area contributed by atoms with E-state index in [1.807, 2.05) is 6.92 Å². The van der Waals surface area contributed by atoms with E-state index in [0.717, 1.165) is 14.8 Å². The van der Waals surface area contributed by atoms with Crippen LogP contribution in [0.5, 0.6) is 0 Å². The lowest BCUT2D eigenvalue weighted by Crippen LogP contribution is -2.49. The number of hydrogen-bond donors (Lipinski definition) is 0. The Labute approximate surface area is 206 Å². The molecule has 1 saturated heterocycles. The minimum absolute atomic E-state index is 0.0896. The van der Waals surface area contributed by atoms with E-state index >= 15 is 0 Å². The lowest BCUT2D eigenvalue weighted by molar-refractivity contribution is -0.149. The molecule has 1 aliphatic heterocycles. The number of esters is 1. The molecule has 0 saturated carbocycles. The van der Waals surface area contributed by atoms with E-state index in [1.54, 1.807) is 37.3 Å². The Bertz CT molecular complexity index is 1400. The number of likely N-dealkylation sites (tertiary alicyclic amines) is 1. The maximum atomic E-state index is 13.8. The minimum atomic E-state index is -0.879. The van der Waals surface area contributed by atoms with Gasteiger partial charge in [-0.25, -0.2) is 9.18 Å². The predicted octanol–water partition coefficient (Wildman–Crippen LogP) is 2.31. The number of carbonyl (C=O) groups is 2. The van der Waals surface area contributed by atoms with Crippen LogP contribution >= 0.6 is 0 Å². The molecule has 0 aliphatic carbocycles. The number of carbonyl (C=O) groups excluding carboxylic acids is 2. The van der Waals surface area contributed by atoms with Crippen molar-refractivity contribution < 1.29 is 18.7 Å². The number of benzene rings is 2. The van der Waals surface area contributed by atoms with Gasteiger partial charge in [0, 0.05) is 13.1 Å². The highest BCUT2D eigenvalue weighted by molar-refractivity contribution is 5.92. The normalized spacial score (nSPS) is 15.5. The Hall–Kier alpha value is -4.08. The van der Waals surface area contributed by atoms with E-state index in [9.17, 15) is 23.6 Å².